The molecule has 2 rings (SSSR count). The minimum Gasteiger partial charge on any atom is -0.314 e. The van der Waals surface area contributed by atoms with Crippen LogP contribution in [0.15, 0.2) is 22.7 Å². The molecule has 0 heterocycles. The number of benzene rings is 1. The maximum Gasteiger partial charge on any atom is 0.137 e. The van der Waals surface area contributed by atoms with Gasteiger partial charge in [-0.1, -0.05) is 38.7 Å². The fourth-order valence-electron chi connectivity index (χ4n) is 3.13. The van der Waals surface area contributed by atoms with Gasteiger partial charge in [0.05, 0.1) is 4.47 Å². The molecule has 1 aromatic carbocycles. The van der Waals surface area contributed by atoms with Gasteiger partial charge in [-0.2, -0.15) is 0 Å². The lowest BCUT2D eigenvalue weighted by molar-refractivity contribution is 0.390. The Morgan fingerprint density at radius 1 is 1.37 bits per heavy atom. The van der Waals surface area contributed by atoms with Gasteiger partial charge in [-0.25, -0.2) is 4.39 Å². The Kier molecular flexibility index (Phi) is 5.83. The monoisotopic (exact) mass is 327 g/mol. The van der Waals surface area contributed by atoms with Gasteiger partial charge in [-0.05, 0) is 58.9 Å². The molecule has 1 aliphatic carbocycles. The van der Waals surface area contributed by atoms with E-state index in [0.29, 0.717) is 10.5 Å². The molecule has 0 bridgehead atoms. The second kappa shape index (κ2) is 7.39. The average Bonchev–Trinajstić information content (AvgIpc) is 2.87. The molecule has 1 atom stereocenters. The maximum atomic E-state index is 13.2. The van der Waals surface area contributed by atoms with Crippen LogP contribution in [0, 0.1) is 11.7 Å². The van der Waals surface area contributed by atoms with E-state index in [1.807, 2.05) is 12.1 Å². The number of nitrogens with one attached hydrogen (secondary N) is 1. The molecule has 1 fully saturated rings. The standard InChI is InChI=1S/C16H23BrFN/c1-2-19-14(9-12-5-3-4-6-12)10-13-7-8-16(18)15(17)11-13/h7-8,11-12,14,19H,2-6,9-10H2,1H3. The molecule has 0 amide bonds. The Labute approximate surface area is 124 Å². The Bertz CT molecular complexity index is 402. The van der Waals surface area contributed by atoms with Crippen molar-refractivity contribution in [2.75, 3.05) is 6.54 Å². The summed E-state index contributed by atoms with van der Waals surface area (Å²) in [6, 6.07) is 5.89. The average molecular weight is 328 g/mol. The van der Waals surface area contributed by atoms with Crippen molar-refractivity contribution in [3.63, 3.8) is 0 Å². The first-order chi connectivity index (χ1) is 9.19. The van der Waals surface area contributed by atoms with Gasteiger partial charge in [-0.3, -0.25) is 0 Å². The second-order valence-corrected chi connectivity index (χ2v) is 6.45. The van der Waals surface area contributed by atoms with E-state index in [4.69, 9.17) is 0 Å². The lowest BCUT2D eigenvalue weighted by atomic mass is 9.94. The molecule has 0 radical (unpaired) electrons. The third-order valence-corrected chi connectivity index (χ3v) is 4.66. The van der Waals surface area contributed by atoms with Crippen LogP contribution in [-0.2, 0) is 6.42 Å². The van der Waals surface area contributed by atoms with Crippen molar-refractivity contribution >= 4 is 15.9 Å². The van der Waals surface area contributed by atoms with E-state index in [9.17, 15) is 4.39 Å². The molecular formula is C16H23BrFN. The smallest absolute Gasteiger partial charge is 0.137 e. The Hall–Kier alpha value is -0.410. The molecule has 0 spiro atoms. The number of rotatable bonds is 6. The summed E-state index contributed by atoms with van der Waals surface area (Å²) in [4.78, 5) is 0. The molecule has 1 unspecified atom stereocenters. The van der Waals surface area contributed by atoms with Crippen LogP contribution in [0.2, 0.25) is 0 Å². The van der Waals surface area contributed by atoms with Crippen LogP contribution in [0.5, 0.6) is 0 Å². The van der Waals surface area contributed by atoms with Crippen molar-refractivity contribution in [3.8, 4) is 0 Å². The largest absolute Gasteiger partial charge is 0.314 e. The fourth-order valence-corrected chi connectivity index (χ4v) is 3.55. The number of likely N-dealkylation sites (N-methyl/N-ethyl adjacent to an activating group) is 1. The highest BCUT2D eigenvalue weighted by Crippen LogP contribution is 2.29. The van der Waals surface area contributed by atoms with Gasteiger partial charge >= 0.3 is 0 Å². The van der Waals surface area contributed by atoms with Crippen LogP contribution in [0.25, 0.3) is 0 Å². The summed E-state index contributed by atoms with van der Waals surface area (Å²) in [5, 5.41) is 3.58. The van der Waals surface area contributed by atoms with E-state index >= 15 is 0 Å². The van der Waals surface area contributed by atoms with E-state index in [1.165, 1.54) is 37.7 Å². The highest BCUT2D eigenvalue weighted by Gasteiger charge is 2.20. The van der Waals surface area contributed by atoms with Crippen molar-refractivity contribution in [2.45, 2.75) is 51.5 Å². The van der Waals surface area contributed by atoms with Gasteiger partial charge in [0.25, 0.3) is 0 Å². The van der Waals surface area contributed by atoms with Crippen molar-refractivity contribution in [2.24, 2.45) is 5.92 Å². The first kappa shape index (κ1) is 15.0. The van der Waals surface area contributed by atoms with Gasteiger partial charge in [0.2, 0.25) is 0 Å². The predicted octanol–water partition coefficient (Wildman–Crippen LogP) is 4.69. The molecule has 19 heavy (non-hydrogen) atoms. The van der Waals surface area contributed by atoms with E-state index in [-0.39, 0.29) is 5.82 Å². The van der Waals surface area contributed by atoms with Crippen molar-refractivity contribution in [3.05, 3.63) is 34.1 Å². The fraction of sp³-hybridized carbons (Fsp3) is 0.625. The molecule has 106 valence electrons. The molecule has 0 aromatic heterocycles. The molecule has 1 saturated carbocycles. The molecule has 1 N–H and O–H groups in total. The highest BCUT2D eigenvalue weighted by molar-refractivity contribution is 9.10. The van der Waals surface area contributed by atoms with Crippen LogP contribution < -0.4 is 5.32 Å². The first-order valence-electron chi connectivity index (χ1n) is 7.36. The van der Waals surface area contributed by atoms with E-state index in [0.717, 1.165) is 18.9 Å². The van der Waals surface area contributed by atoms with Gasteiger partial charge in [-0.15, -0.1) is 0 Å². The van der Waals surface area contributed by atoms with Crippen molar-refractivity contribution < 1.29 is 4.39 Å². The third-order valence-electron chi connectivity index (χ3n) is 4.05. The van der Waals surface area contributed by atoms with E-state index < -0.39 is 0 Å². The van der Waals surface area contributed by atoms with E-state index in [2.05, 4.69) is 28.2 Å². The second-order valence-electron chi connectivity index (χ2n) is 5.59. The number of halogens is 2. The SMILES string of the molecule is CCNC(Cc1ccc(F)c(Br)c1)CC1CCCC1. The summed E-state index contributed by atoms with van der Waals surface area (Å²) >= 11 is 3.27. The lowest BCUT2D eigenvalue weighted by Gasteiger charge is -2.21. The van der Waals surface area contributed by atoms with Crippen LogP contribution in [0.3, 0.4) is 0 Å². The number of hydrogen-bond donors (Lipinski definition) is 1. The summed E-state index contributed by atoms with van der Waals surface area (Å²) in [5.74, 6) is 0.701. The zero-order chi connectivity index (χ0) is 13.7. The molecule has 1 nitrogen and oxygen atoms in total. The predicted molar refractivity (Wildman–Crippen MR) is 81.8 cm³/mol. The van der Waals surface area contributed by atoms with Crippen LogP contribution in [-0.4, -0.2) is 12.6 Å². The zero-order valence-electron chi connectivity index (χ0n) is 11.6. The molecule has 0 aliphatic heterocycles. The van der Waals surface area contributed by atoms with Gasteiger partial charge in [0.1, 0.15) is 5.82 Å². The van der Waals surface area contributed by atoms with Crippen LogP contribution >= 0.6 is 15.9 Å². The first-order valence-corrected chi connectivity index (χ1v) is 8.15. The van der Waals surface area contributed by atoms with Crippen molar-refractivity contribution in [1.29, 1.82) is 0 Å². The summed E-state index contributed by atoms with van der Waals surface area (Å²) in [7, 11) is 0. The molecule has 1 aromatic rings. The summed E-state index contributed by atoms with van der Waals surface area (Å²) < 4.78 is 13.8. The minimum absolute atomic E-state index is 0.181. The Balaban J connectivity index is 1.96. The Morgan fingerprint density at radius 3 is 2.74 bits per heavy atom. The normalized spacial score (nSPS) is 17.8. The summed E-state index contributed by atoms with van der Waals surface area (Å²) in [5.41, 5.74) is 1.21. The molecule has 1 aliphatic rings. The molecule has 3 heteroatoms. The molecule has 0 saturated heterocycles. The third kappa shape index (κ3) is 4.57. The van der Waals surface area contributed by atoms with Crippen LogP contribution in [0.4, 0.5) is 4.39 Å². The topological polar surface area (TPSA) is 12.0 Å². The Morgan fingerprint density at radius 2 is 2.11 bits per heavy atom. The minimum atomic E-state index is -0.181. The van der Waals surface area contributed by atoms with Gasteiger partial charge in [0, 0.05) is 6.04 Å². The van der Waals surface area contributed by atoms with E-state index in [1.54, 1.807) is 6.07 Å². The maximum absolute atomic E-state index is 13.2. The molecular weight excluding hydrogens is 305 g/mol. The summed E-state index contributed by atoms with van der Waals surface area (Å²) in [6.45, 7) is 3.15. The lowest BCUT2D eigenvalue weighted by Crippen LogP contribution is -2.32. The van der Waals surface area contributed by atoms with Gasteiger partial charge < -0.3 is 5.32 Å². The van der Waals surface area contributed by atoms with Crippen LogP contribution in [0.1, 0.15) is 44.6 Å². The number of hydrogen-bond acceptors (Lipinski definition) is 1. The van der Waals surface area contributed by atoms with Crippen molar-refractivity contribution in [1.82, 2.24) is 5.32 Å². The quantitative estimate of drug-likeness (QED) is 0.799. The summed E-state index contributed by atoms with van der Waals surface area (Å²) in [6.07, 6.45) is 7.80. The zero-order valence-corrected chi connectivity index (χ0v) is 13.2. The van der Waals surface area contributed by atoms with Gasteiger partial charge in [0.15, 0.2) is 0 Å². The highest BCUT2D eigenvalue weighted by atomic mass is 79.9.